The number of amides is 1. The molecule has 9 heteroatoms. The van der Waals surface area contributed by atoms with Crippen molar-refractivity contribution in [1.82, 2.24) is 24.8 Å². The second kappa shape index (κ2) is 7.27. The molecule has 0 bridgehead atoms. The summed E-state index contributed by atoms with van der Waals surface area (Å²) in [5.74, 6) is 1.26. The molecule has 2 atom stereocenters. The number of fused-ring (bicyclic) bond motifs is 1. The standard InChI is InChI=1S/C16H25N5O4/c1-12-17-15(18-25-12)11-20-9-13-14(10-20)24-16(22)21(13)4-2-3-19-5-7-23-8-6-19/h13-14H,2-11H2,1H3/t13-,14+/m1/s1. The third-order valence-electron chi connectivity index (χ3n) is 5.11. The Morgan fingerprint density at radius 1 is 1.16 bits per heavy atom. The van der Waals surface area contributed by atoms with E-state index in [0.29, 0.717) is 18.3 Å². The highest BCUT2D eigenvalue weighted by Crippen LogP contribution is 2.27. The van der Waals surface area contributed by atoms with Gasteiger partial charge < -0.3 is 18.9 Å². The topological polar surface area (TPSA) is 84.2 Å². The van der Waals surface area contributed by atoms with Crippen molar-refractivity contribution in [3.63, 3.8) is 0 Å². The Morgan fingerprint density at radius 3 is 2.76 bits per heavy atom. The number of nitrogens with zero attached hydrogens (tertiary/aromatic N) is 5. The second-order valence-corrected chi connectivity index (χ2v) is 6.91. The molecule has 3 aliphatic heterocycles. The number of morpholine rings is 1. The summed E-state index contributed by atoms with van der Waals surface area (Å²) in [6.45, 7) is 9.25. The number of carbonyl (C=O) groups is 1. The van der Waals surface area contributed by atoms with Gasteiger partial charge in [-0.05, 0) is 6.42 Å². The number of aromatic nitrogens is 2. The first-order valence-corrected chi connectivity index (χ1v) is 8.98. The fourth-order valence-electron chi connectivity index (χ4n) is 3.86. The van der Waals surface area contributed by atoms with Gasteiger partial charge in [0, 0.05) is 46.2 Å². The zero-order chi connectivity index (χ0) is 17.2. The van der Waals surface area contributed by atoms with Crippen molar-refractivity contribution in [1.29, 1.82) is 0 Å². The van der Waals surface area contributed by atoms with Gasteiger partial charge in [-0.2, -0.15) is 4.98 Å². The lowest BCUT2D eigenvalue weighted by molar-refractivity contribution is 0.0362. The molecule has 0 unspecified atom stereocenters. The van der Waals surface area contributed by atoms with Gasteiger partial charge in [0.1, 0.15) is 6.10 Å². The minimum atomic E-state index is -0.174. The van der Waals surface area contributed by atoms with E-state index >= 15 is 0 Å². The summed E-state index contributed by atoms with van der Waals surface area (Å²) in [6, 6.07) is 0.130. The van der Waals surface area contributed by atoms with Crippen LogP contribution in [0.2, 0.25) is 0 Å². The molecule has 0 radical (unpaired) electrons. The first-order valence-electron chi connectivity index (χ1n) is 8.98. The number of ether oxygens (including phenoxy) is 2. The fourth-order valence-corrected chi connectivity index (χ4v) is 3.86. The lowest BCUT2D eigenvalue weighted by atomic mass is 10.2. The van der Waals surface area contributed by atoms with Gasteiger partial charge in [0.05, 0.1) is 25.8 Å². The molecule has 0 saturated carbocycles. The maximum Gasteiger partial charge on any atom is 0.410 e. The molecule has 9 nitrogen and oxygen atoms in total. The van der Waals surface area contributed by atoms with E-state index in [1.807, 2.05) is 4.90 Å². The molecular formula is C16H25N5O4. The predicted molar refractivity (Wildman–Crippen MR) is 87.0 cm³/mol. The molecule has 4 heterocycles. The predicted octanol–water partition coefficient (Wildman–Crippen LogP) is 0.105. The van der Waals surface area contributed by atoms with Crippen molar-refractivity contribution in [3.8, 4) is 0 Å². The van der Waals surface area contributed by atoms with Gasteiger partial charge in [-0.3, -0.25) is 9.80 Å². The van der Waals surface area contributed by atoms with E-state index in [9.17, 15) is 4.79 Å². The summed E-state index contributed by atoms with van der Waals surface area (Å²) in [4.78, 5) is 22.9. The molecule has 138 valence electrons. The third-order valence-corrected chi connectivity index (χ3v) is 5.11. The van der Waals surface area contributed by atoms with Crippen molar-refractivity contribution in [2.24, 2.45) is 0 Å². The quantitative estimate of drug-likeness (QED) is 0.714. The number of hydrogen-bond acceptors (Lipinski definition) is 8. The van der Waals surface area contributed by atoms with E-state index in [0.717, 1.165) is 58.9 Å². The van der Waals surface area contributed by atoms with Crippen molar-refractivity contribution >= 4 is 6.09 Å². The molecule has 1 aromatic heterocycles. The van der Waals surface area contributed by atoms with Gasteiger partial charge in [0.25, 0.3) is 0 Å². The smallest absolute Gasteiger partial charge is 0.410 e. The van der Waals surface area contributed by atoms with E-state index < -0.39 is 0 Å². The Hall–Kier alpha value is -1.71. The average molecular weight is 351 g/mol. The normalized spacial score (nSPS) is 27.7. The van der Waals surface area contributed by atoms with Gasteiger partial charge in [-0.25, -0.2) is 4.79 Å². The Balaban J connectivity index is 1.27. The third kappa shape index (κ3) is 3.78. The zero-order valence-electron chi connectivity index (χ0n) is 14.6. The summed E-state index contributed by atoms with van der Waals surface area (Å²) < 4.78 is 15.9. The van der Waals surface area contributed by atoms with Gasteiger partial charge in [-0.15, -0.1) is 0 Å². The minimum absolute atomic E-state index is 0.0520. The molecule has 3 saturated heterocycles. The van der Waals surface area contributed by atoms with Gasteiger partial charge in [-0.1, -0.05) is 5.16 Å². The molecular weight excluding hydrogens is 326 g/mol. The van der Waals surface area contributed by atoms with Crippen molar-refractivity contribution in [2.45, 2.75) is 32.0 Å². The SMILES string of the molecule is Cc1nc(CN2C[C@@H]3OC(=O)N(CCCN4CCOCC4)[C@@H]3C2)no1. The lowest BCUT2D eigenvalue weighted by Gasteiger charge is -2.28. The average Bonchev–Trinajstić information content (AvgIpc) is 3.25. The first-order chi connectivity index (χ1) is 12.2. The Labute approximate surface area is 146 Å². The number of carbonyl (C=O) groups excluding carboxylic acids is 1. The van der Waals surface area contributed by atoms with Crippen LogP contribution >= 0.6 is 0 Å². The van der Waals surface area contributed by atoms with E-state index in [-0.39, 0.29) is 18.2 Å². The van der Waals surface area contributed by atoms with Gasteiger partial charge >= 0.3 is 6.09 Å². The van der Waals surface area contributed by atoms with Crippen LogP contribution in [0, 0.1) is 6.92 Å². The van der Waals surface area contributed by atoms with Crippen molar-refractivity contribution in [3.05, 3.63) is 11.7 Å². The van der Waals surface area contributed by atoms with Crippen LogP contribution in [0.3, 0.4) is 0 Å². The summed E-state index contributed by atoms with van der Waals surface area (Å²) in [7, 11) is 0. The van der Waals surface area contributed by atoms with Crippen molar-refractivity contribution < 1.29 is 18.8 Å². The van der Waals surface area contributed by atoms with Crippen LogP contribution in [0.15, 0.2) is 4.52 Å². The van der Waals surface area contributed by atoms with Gasteiger partial charge in [0.15, 0.2) is 5.82 Å². The van der Waals surface area contributed by atoms with Crippen LogP contribution in [0.4, 0.5) is 4.79 Å². The van der Waals surface area contributed by atoms with Crippen LogP contribution in [-0.4, -0.2) is 95.6 Å². The number of hydrogen-bond donors (Lipinski definition) is 0. The van der Waals surface area contributed by atoms with Crippen molar-refractivity contribution in [2.75, 3.05) is 52.5 Å². The van der Waals surface area contributed by atoms with Crippen LogP contribution in [-0.2, 0) is 16.0 Å². The highest BCUT2D eigenvalue weighted by molar-refractivity contribution is 5.71. The Kier molecular flexibility index (Phi) is 4.87. The van der Waals surface area contributed by atoms with Gasteiger partial charge in [0.2, 0.25) is 5.89 Å². The van der Waals surface area contributed by atoms with Crippen LogP contribution < -0.4 is 0 Å². The first kappa shape index (κ1) is 16.7. The summed E-state index contributed by atoms with van der Waals surface area (Å²) in [5.41, 5.74) is 0. The highest BCUT2D eigenvalue weighted by atomic mass is 16.6. The minimum Gasteiger partial charge on any atom is -0.442 e. The van der Waals surface area contributed by atoms with Crippen LogP contribution in [0.5, 0.6) is 0 Å². The lowest BCUT2D eigenvalue weighted by Crippen LogP contribution is -2.41. The summed E-state index contributed by atoms with van der Waals surface area (Å²) in [5, 5.41) is 3.94. The van der Waals surface area contributed by atoms with Crippen LogP contribution in [0.1, 0.15) is 18.1 Å². The molecule has 1 amide bonds. The number of likely N-dealkylation sites (tertiary alicyclic amines) is 1. The molecule has 0 spiro atoms. The molecule has 0 aromatic carbocycles. The highest BCUT2D eigenvalue weighted by Gasteiger charge is 2.47. The monoisotopic (exact) mass is 351 g/mol. The fraction of sp³-hybridized carbons (Fsp3) is 0.812. The number of aryl methyl sites for hydroxylation is 1. The summed E-state index contributed by atoms with van der Waals surface area (Å²) >= 11 is 0. The van der Waals surface area contributed by atoms with Crippen LogP contribution in [0.25, 0.3) is 0 Å². The van der Waals surface area contributed by atoms with E-state index in [1.165, 1.54) is 0 Å². The molecule has 3 fully saturated rings. The molecule has 3 aliphatic rings. The molecule has 0 aliphatic carbocycles. The van der Waals surface area contributed by atoms with E-state index in [2.05, 4.69) is 19.9 Å². The van der Waals surface area contributed by atoms with E-state index in [1.54, 1.807) is 6.92 Å². The summed E-state index contributed by atoms with van der Waals surface area (Å²) in [6.07, 6.45) is 0.735. The molecule has 4 rings (SSSR count). The molecule has 0 N–H and O–H groups in total. The molecule has 1 aromatic rings. The van der Waals surface area contributed by atoms with E-state index in [4.69, 9.17) is 14.0 Å². The Bertz CT molecular complexity index is 603. The largest absolute Gasteiger partial charge is 0.442 e. The zero-order valence-corrected chi connectivity index (χ0v) is 14.6. The second-order valence-electron chi connectivity index (χ2n) is 6.91. The Morgan fingerprint density at radius 2 is 2.00 bits per heavy atom. The molecule has 25 heavy (non-hydrogen) atoms. The maximum absolute atomic E-state index is 12.2. The number of rotatable bonds is 6. The maximum atomic E-state index is 12.2.